The van der Waals surface area contributed by atoms with Crippen molar-refractivity contribution in [3.05, 3.63) is 29.7 Å². The van der Waals surface area contributed by atoms with E-state index in [1.807, 2.05) is 18.2 Å². The quantitative estimate of drug-likeness (QED) is 0.406. The molecule has 0 amide bonds. The second-order valence-electron chi connectivity index (χ2n) is 1.87. The molecule has 0 spiro atoms. The number of carbonyl (C=O) groups is 1. The number of rotatable bonds is 4. The molecule has 0 radical (unpaired) electrons. The average Bonchev–Trinajstić information content (AvgIpc) is 2.48. The van der Waals surface area contributed by atoms with Crippen LogP contribution in [0.3, 0.4) is 0 Å². The number of hydrogen-bond donors (Lipinski definition) is 0. The maximum absolute atomic E-state index is 10.3. The molecule has 0 aliphatic heterocycles. The zero-order chi connectivity index (χ0) is 8.10. The van der Waals surface area contributed by atoms with E-state index in [1.165, 1.54) is 15.5 Å². The van der Waals surface area contributed by atoms with Gasteiger partial charge in [0.05, 0.1) is 9.09 Å². The second kappa shape index (κ2) is 4.36. The van der Waals surface area contributed by atoms with Crippen molar-refractivity contribution in [1.29, 1.82) is 0 Å². The summed E-state index contributed by atoms with van der Waals surface area (Å²) in [5, 5.41) is 0. The Morgan fingerprint density at radius 1 is 1.64 bits per heavy atom. The molecule has 1 rings (SSSR count). The molecule has 1 nitrogen and oxygen atoms in total. The molecule has 0 saturated heterocycles. The van der Waals surface area contributed by atoms with Gasteiger partial charge in [-0.2, -0.15) is 0 Å². The summed E-state index contributed by atoms with van der Waals surface area (Å²) in [5.74, 6) is 0.902. The van der Waals surface area contributed by atoms with Crippen molar-refractivity contribution in [2.45, 2.75) is 4.21 Å². The van der Waals surface area contributed by atoms with Gasteiger partial charge in [-0.3, -0.25) is 4.79 Å². The zero-order valence-corrected chi connectivity index (χ0v) is 7.58. The Morgan fingerprint density at radius 3 is 3.00 bits per heavy atom. The first kappa shape index (κ1) is 8.56. The van der Waals surface area contributed by atoms with Crippen molar-refractivity contribution in [2.24, 2.45) is 0 Å². The monoisotopic (exact) mass is 184 g/mol. The summed E-state index contributed by atoms with van der Waals surface area (Å²) < 4.78 is 1.17. The average molecular weight is 184 g/mol. The van der Waals surface area contributed by atoms with Crippen molar-refractivity contribution in [1.82, 2.24) is 0 Å². The van der Waals surface area contributed by atoms with Gasteiger partial charge in [0.25, 0.3) is 0 Å². The molecule has 0 saturated carbocycles. The van der Waals surface area contributed by atoms with Crippen LogP contribution in [0, 0.1) is 0 Å². The predicted octanol–water partition coefficient (Wildman–Crippen LogP) is 2.84. The highest BCUT2D eigenvalue weighted by atomic mass is 32.2. The molecule has 0 fully saturated rings. The van der Waals surface area contributed by atoms with E-state index < -0.39 is 0 Å². The lowest BCUT2D eigenvalue weighted by Gasteiger charge is -1.88. The van der Waals surface area contributed by atoms with Gasteiger partial charge in [-0.1, -0.05) is 6.08 Å². The van der Waals surface area contributed by atoms with Crippen molar-refractivity contribution in [3.8, 4) is 0 Å². The second-order valence-corrected chi connectivity index (χ2v) is 4.31. The SMILES string of the molecule is C=CCSc1ccc(C=O)s1. The van der Waals surface area contributed by atoms with E-state index in [9.17, 15) is 4.79 Å². The lowest BCUT2D eigenvalue weighted by molar-refractivity contribution is 0.112. The van der Waals surface area contributed by atoms with E-state index in [0.29, 0.717) is 0 Å². The van der Waals surface area contributed by atoms with E-state index in [0.717, 1.165) is 16.9 Å². The van der Waals surface area contributed by atoms with Crippen LogP contribution < -0.4 is 0 Å². The molecular formula is C8H8OS2. The zero-order valence-electron chi connectivity index (χ0n) is 5.95. The number of thioether (sulfide) groups is 1. The predicted molar refractivity (Wildman–Crippen MR) is 50.6 cm³/mol. The Morgan fingerprint density at radius 2 is 2.45 bits per heavy atom. The first-order valence-electron chi connectivity index (χ1n) is 3.15. The van der Waals surface area contributed by atoms with Gasteiger partial charge in [-0.15, -0.1) is 29.7 Å². The van der Waals surface area contributed by atoms with Crippen LogP contribution in [0.4, 0.5) is 0 Å². The van der Waals surface area contributed by atoms with Gasteiger partial charge in [-0.05, 0) is 12.1 Å². The third-order valence-electron chi connectivity index (χ3n) is 1.06. The van der Waals surface area contributed by atoms with Crippen molar-refractivity contribution >= 4 is 29.4 Å². The van der Waals surface area contributed by atoms with Crippen LogP contribution in [0.25, 0.3) is 0 Å². The Balaban J connectivity index is 2.57. The summed E-state index contributed by atoms with van der Waals surface area (Å²) in [4.78, 5) is 11.1. The standard InChI is InChI=1S/C8H8OS2/c1-2-5-10-8-4-3-7(6-9)11-8/h2-4,6H,1,5H2. The molecule has 0 atom stereocenters. The fourth-order valence-electron chi connectivity index (χ4n) is 0.616. The summed E-state index contributed by atoms with van der Waals surface area (Å²) in [7, 11) is 0. The van der Waals surface area contributed by atoms with E-state index in [2.05, 4.69) is 6.58 Å². The Kier molecular flexibility index (Phi) is 3.39. The van der Waals surface area contributed by atoms with E-state index in [1.54, 1.807) is 11.8 Å². The van der Waals surface area contributed by atoms with Crippen LogP contribution in [0.15, 0.2) is 29.0 Å². The van der Waals surface area contributed by atoms with Gasteiger partial charge in [-0.25, -0.2) is 0 Å². The van der Waals surface area contributed by atoms with Gasteiger partial charge >= 0.3 is 0 Å². The molecule has 1 heterocycles. The summed E-state index contributed by atoms with van der Waals surface area (Å²) >= 11 is 3.22. The molecule has 0 aromatic carbocycles. The van der Waals surface area contributed by atoms with Crippen LogP contribution in [0.2, 0.25) is 0 Å². The Bertz CT molecular complexity index is 252. The molecule has 11 heavy (non-hydrogen) atoms. The maximum Gasteiger partial charge on any atom is 0.160 e. The molecule has 0 bridgehead atoms. The van der Waals surface area contributed by atoms with Crippen LogP contribution in [-0.4, -0.2) is 12.0 Å². The minimum Gasteiger partial charge on any atom is -0.297 e. The van der Waals surface area contributed by atoms with Gasteiger partial charge in [0, 0.05) is 5.75 Å². The highest BCUT2D eigenvalue weighted by molar-refractivity contribution is 8.01. The van der Waals surface area contributed by atoms with Crippen molar-refractivity contribution in [2.75, 3.05) is 5.75 Å². The molecule has 1 aromatic heterocycles. The highest BCUT2D eigenvalue weighted by Gasteiger charge is 1.96. The highest BCUT2D eigenvalue weighted by Crippen LogP contribution is 2.25. The normalized spacial score (nSPS) is 9.45. The molecule has 1 aromatic rings. The third kappa shape index (κ3) is 2.52. The lowest BCUT2D eigenvalue weighted by Crippen LogP contribution is -1.64. The van der Waals surface area contributed by atoms with Crippen molar-refractivity contribution < 1.29 is 4.79 Å². The van der Waals surface area contributed by atoms with E-state index in [4.69, 9.17) is 0 Å². The fourth-order valence-corrected chi connectivity index (χ4v) is 2.34. The Labute approximate surface area is 74.1 Å². The van der Waals surface area contributed by atoms with E-state index >= 15 is 0 Å². The number of aldehydes is 1. The molecular weight excluding hydrogens is 176 g/mol. The number of carbonyl (C=O) groups excluding carboxylic acids is 1. The molecule has 58 valence electrons. The lowest BCUT2D eigenvalue weighted by atomic mass is 10.5. The van der Waals surface area contributed by atoms with Crippen molar-refractivity contribution in [3.63, 3.8) is 0 Å². The minimum absolute atomic E-state index is 0.788. The number of thiophene rings is 1. The largest absolute Gasteiger partial charge is 0.297 e. The molecule has 0 unspecified atom stereocenters. The summed E-state index contributed by atoms with van der Waals surface area (Å²) in [6, 6.07) is 3.80. The molecule has 3 heteroatoms. The van der Waals surface area contributed by atoms with Gasteiger partial charge in [0.2, 0.25) is 0 Å². The first-order chi connectivity index (χ1) is 5.36. The number of hydrogen-bond acceptors (Lipinski definition) is 3. The molecule has 0 aliphatic carbocycles. The maximum atomic E-state index is 10.3. The summed E-state index contributed by atoms with van der Waals surface area (Å²) in [6.45, 7) is 3.62. The van der Waals surface area contributed by atoms with Gasteiger partial charge in [0.15, 0.2) is 6.29 Å². The van der Waals surface area contributed by atoms with Gasteiger partial charge in [0.1, 0.15) is 0 Å². The third-order valence-corrected chi connectivity index (χ3v) is 3.29. The Hall–Kier alpha value is -0.540. The minimum atomic E-state index is 0.788. The smallest absolute Gasteiger partial charge is 0.160 e. The molecule has 0 aliphatic rings. The van der Waals surface area contributed by atoms with Gasteiger partial charge < -0.3 is 0 Å². The summed E-state index contributed by atoms with van der Waals surface area (Å²) in [6.07, 6.45) is 2.73. The first-order valence-corrected chi connectivity index (χ1v) is 4.95. The topological polar surface area (TPSA) is 17.1 Å². The molecule has 0 N–H and O–H groups in total. The summed E-state index contributed by atoms with van der Waals surface area (Å²) in [5.41, 5.74) is 0. The van der Waals surface area contributed by atoms with Crippen LogP contribution in [-0.2, 0) is 0 Å². The van der Waals surface area contributed by atoms with Crippen LogP contribution >= 0.6 is 23.1 Å². The van der Waals surface area contributed by atoms with Crippen LogP contribution in [0.1, 0.15) is 9.67 Å². The fraction of sp³-hybridized carbons (Fsp3) is 0.125. The van der Waals surface area contributed by atoms with Crippen LogP contribution in [0.5, 0.6) is 0 Å². The van der Waals surface area contributed by atoms with E-state index in [-0.39, 0.29) is 0 Å².